The number of aryl methyl sites for hydroxylation is 1. The van der Waals surface area contributed by atoms with E-state index in [4.69, 9.17) is 0 Å². The van der Waals surface area contributed by atoms with E-state index in [9.17, 15) is 23.2 Å². The highest BCUT2D eigenvalue weighted by Crippen LogP contribution is 2.33. The lowest BCUT2D eigenvalue weighted by atomic mass is 10.0. The molecule has 196 valence electrons. The first kappa shape index (κ1) is 25.5. The lowest BCUT2D eigenvalue weighted by Gasteiger charge is -2.08. The predicted octanol–water partition coefficient (Wildman–Crippen LogP) is 3.54. The zero-order valence-corrected chi connectivity index (χ0v) is 20.7. The molecule has 0 saturated carbocycles. The standard InChI is InChI=1S/C28H22F2N6O3/c1-16-33-12-19(34-16)11-21-20-6-4-17(10-25(20)35-27(21)38)3-2-8-32-26(37)22-13-31-15-36(28(22)39)14-18-5-7-23(29)24(30)9-18/h2-7,9-13,15H,8,14H2,1H3,(H,32,37)(H,33,34)(H,35,38)/b3-2+,21-11-. The summed E-state index contributed by atoms with van der Waals surface area (Å²) in [6, 6.07) is 8.81. The molecule has 0 saturated heterocycles. The molecule has 1 aliphatic heterocycles. The summed E-state index contributed by atoms with van der Waals surface area (Å²) in [4.78, 5) is 49.0. The molecular weight excluding hydrogens is 506 g/mol. The maximum atomic E-state index is 13.5. The van der Waals surface area contributed by atoms with Gasteiger partial charge in [0.2, 0.25) is 0 Å². The number of nitrogens with one attached hydrogen (secondary N) is 3. The van der Waals surface area contributed by atoms with Crippen LogP contribution in [0.25, 0.3) is 17.7 Å². The van der Waals surface area contributed by atoms with Gasteiger partial charge in [-0.25, -0.2) is 18.7 Å². The molecule has 11 heteroatoms. The number of carbonyl (C=O) groups is 2. The summed E-state index contributed by atoms with van der Waals surface area (Å²) in [5, 5.41) is 5.48. The predicted molar refractivity (Wildman–Crippen MR) is 142 cm³/mol. The number of rotatable bonds is 7. The number of benzene rings is 2. The van der Waals surface area contributed by atoms with Gasteiger partial charge in [0.1, 0.15) is 11.4 Å². The van der Waals surface area contributed by atoms with Crippen molar-refractivity contribution in [2.24, 2.45) is 0 Å². The largest absolute Gasteiger partial charge is 0.348 e. The number of imidazole rings is 1. The molecule has 0 atom stereocenters. The van der Waals surface area contributed by atoms with Crippen LogP contribution in [0, 0.1) is 18.6 Å². The van der Waals surface area contributed by atoms with Crippen LogP contribution < -0.4 is 16.2 Å². The van der Waals surface area contributed by atoms with Crippen LogP contribution in [0.3, 0.4) is 0 Å². The average Bonchev–Trinajstić information content (AvgIpc) is 3.46. The van der Waals surface area contributed by atoms with Crippen LogP contribution in [-0.4, -0.2) is 37.9 Å². The smallest absolute Gasteiger partial charge is 0.266 e. The van der Waals surface area contributed by atoms with Gasteiger partial charge in [0.25, 0.3) is 17.4 Å². The molecule has 2 amide bonds. The van der Waals surface area contributed by atoms with Crippen LogP contribution in [0.2, 0.25) is 0 Å². The van der Waals surface area contributed by atoms with Gasteiger partial charge >= 0.3 is 0 Å². The van der Waals surface area contributed by atoms with Crippen molar-refractivity contribution in [3.05, 3.63) is 117 Å². The second kappa shape index (κ2) is 10.7. The van der Waals surface area contributed by atoms with E-state index in [1.54, 1.807) is 24.4 Å². The molecule has 9 nitrogen and oxygen atoms in total. The molecule has 0 aliphatic carbocycles. The fourth-order valence-electron chi connectivity index (χ4n) is 4.11. The Morgan fingerprint density at radius 2 is 1.97 bits per heavy atom. The summed E-state index contributed by atoms with van der Waals surface area (Å²) >= 11 is 0. The number of aromatic nitrogens is 4. The summed E-state index contributed by atoms with van der Waals surface area (Å²) < 4.78 is 27.8. The number of anilines is 1. The molecule has 0 fully saturated rings. The van der Waals surface area contributed by atoms with E-state index < -0.39 is 23.1 Å². The molecule has 1 aliphatic rings. The zero-order valence-electron chi connectivity index (χ0n) is 20.7. The molecule has 3 heterocycles. The van der Waals surface area contributed by atoms with Crippen LogP contribution in [0.15, 0.2) is 66.0 Å². The Kier molecular flexibility index (Phi) is 6.96. The number of halogens is 2. The van der Waals surface area contributed by atoms with Crippen molar-refractivity contribution < 1.29 is 18.4 Å². The first-order valence-corrected chi connectivity index (χ1v) is 11.9. The number of amides is 2. The molecule has 0 unspecified atom stereocenters. The average molecular weight is 529 g/mol. The number of fused-ring (bicyclic) bond motifs is 1. The van der Waals surface area contributed by atoms with Gasteiger partial charge in [-0.3, -0.25) is 19.0 Å². The van der Waals surface area contributed by atoms with Gasteiger partial charge in [-0.1, -0.05) is 30.4 Å². The van der Waals surface area contributed by atoms with Crippen LogP contribution in [-0.2, 0) is 11.3 Å². The minimum absolute atomic E-state index is 0.0723. The Bertz CT molecular complexity index is 1720. The Balaban J connectivity index is 1.22. The number of hydrogen-bond donors (Lipinski definition) is 3. The van der Waals surface area contributed by atoms with Crippen LogP contribution >= 0.6 is 0 Å². The van der Waals surface area contributed by atoms with Gasteiger partial charge in [0.15, 0.2) is 11.6 Å². The maximum Gasteiger partial charge on any atom is 0.266 e. The van der Waals surface area contributed by atoms with E-state index >= 15 is 0 Å². The van der Waals surface area contributed by atoms with E-state index in [-0.39, 0.29) is 24.6 Å². The molecule has 0 spiro atoms. The van der Waals surface area contributed by atoms with Gasteiger partial charge < -0.3 is 15.6 Å². The molecular formula is C28H22F2N6O3. The second-order valence-corrected chi connectivity index (χ2v) is 8.83. The van der Waals surface area contributed by atoms with E-state index in [0.29, 0.717) is 22.5 Å². The molecule has 2 aromatic heterocycles. The van der Waals surface area contributed by atoms with Crippen LogP contribution in [0.1, 0.15) is 38.6 Å². The summed E-state index contributed by atoms with van der Waals surface area (Å²) in [6.07, 6.45) is 9.31. The molecule has 4 aromatic rings. The van der Waals surface area contributed by atoms with Gasteiger partial charge in [-0.15, -0.1) is 0 Å². The van der Waals surface area contributed by atoms with Gasteiger partial charge in [0, 0.05) is 30.2 Å². The van der Waals surface area contributed by atoms with Crippen molar-refractivity contribution in [2.45, 2.75) is 13.5 Å². The Morgan fingerprint density at radius 3 is 2.74 bits per heavy atom. The fourth-order valence-corrected chi connectivity index (χ4v) is 4.11. The Morgan fingerprint density at radius 1 is 1.13 bits per heavy atom. The highest BCUT2D eigenvalue weighted by Gasteiger charge is 2.24. The number of H-pyrrole nitrogens is 1. The number of aromatic amines is 1. The monoisotopic (exact) mass is 528 g/mol. The van der Waals surface area contributed by atoms with E-state index in [0.717, 1.165) is 39.8 Å². The minimum Gasteiger partial charge on any atom is -0.348 e. The third-order valence-corrected chi connectivity index (χ3v) is 6.02. The molecule has 3 N–H and O–H groups in total. The maximum absolute atomic E-state index is 13.5. The van der Waals surface area contributed by atoms with Crippen molar-refractivity contribution in [3.8, 4) is 0 Å². The zero-order chi connectivity index (χ0) is 27.5. The first-order valence-electron chi connectivity index (χ1n) is 11.9. The minimum atomic E-state index is -1.03. The highest BCUT2D eigenvalue weighted by atomic mass is 19.2. The Labute approximate surface area is 220 Å². The first-order chi connectivity index (χ1) is 18.8. The quantitative estimate of drug-likeness (QED) is 0.317. The second-order valence-electron chi connectivity index (χ2n) is 8.83. The fraction of sp³-hybridized carbons (Fsp3) is 0.107. The highest BCUT2D eigenvalue weighted by molar-refractivity contribution is 6.34. The van der Waals surface area contributed by atoms with Gasteiger partial charge in [-0.05, 0) is 42.3 Å². The van der Waals surface area contributed by atoms with Crippen molar-refractivity contribution in [1.82, 2.24) is 24.8 Å². The molecule has 0 radical (unpaired) electrons. The summed E-state index contributed by atoms with van der Waals surface area (Å²) in [5.74, 6) is -2.10. The molecule has 39 heavy (non-hydrogen) atoms. The van der Waals surface area contributed by atoms with Crippen molar-refractivity contribution >= 4 is 35.2 Å². The van der Waals surface area contributed by atoms with E-state index in [2.05, 4.69) is 25.6 Å². The van der Waals surface area contributed by atoms with E-state index in [1.165, 1.54) is 12.4 Å². The van der Waals surface area contributed by atoms with Gasteiger partial charge in [-0.2, -0.15) is 0 Å². The molecule has 5 rings (SSSR count). The number of carbonyl (C=O) groups excluding carboxylic acids is 2. The third-order valence-electron chi connectivity index (χ3n) is 6.02. The summed E-state index contributed by atoms with van der Waals surface area (Å²) in [5.41, 5.74) is 2.97. The van der Waals surface area contributed by atoms with Gasteiger partial charge in [0.05, 0.1) is 24.1 Å². The van der Waals surface area contributed by atoms with Crippen molar-refractivity contribution in [1.29, 1.82) is 0 Å². The lowest BCUT2D eigenvalue weighted by molar-refractivity contribution is -0.110. The normalized spacial score (nSPS) is 13.6. The van der Waals surface area contributed by atoms with Crippen molar-refractivity contribution in [3.63, 3.8) is 0 Å². The van der Waals surface area contributed by atoms with Crippen LogP contribution in [0.5, 0.6) is 0 Å². The number of hydrogen-bond acceptors (Lipinski definition) is 5. The third kappa shape index (κ3) is 5.57. The lowest BCUT2D eigenvalue weighted by Crippen LogP contribution is -2.33. The topological polar surface area (TPSA) is 122 Å². The van der Waals surface area contributed by atoms with Crippen LogP contribution in [0.4, 0.5) is 14.5 Å². The number of nitrogens with zero attached hydrogens (tertiary/aromatic N) is 3. The molecule has 2 aromatic carbocycles. The van der Waals surface area contributed by atoms with Crippen molar-refractivity contribution in [2.75, 3.05) is 11.9 Å². The molecule has 0 bridgehead atoms. The SMILES string of the molecule is Cc1nc(/C=C2\C(=O)Nc3cc(/C=C/CNC(=O)c4cncn(Cc5ccc(F)c(F)c5)c4=O)ccc32)c[nH]1. The summed E-state index contributed by atoms with van der Waals surface area (Å²) in [7, 11) is 0. The summed E-state index contributed by atoms with van der Waals surface area (Å²) in [6.45, 7) is 1.89. The van der Waals surface area contributed by atoms with E-state index in [1.807, 2.05) is 25.1 Å². The Hall–Kier alpha value is -5.19.